The highest BCUT2D eigenvalue weighted by Crippen LogP contribution is 2.53. The van der Waals surface area contributed by atoms with E-state index in [9.17, 15) is 4.79 Å². The average molecular weight is 346 g/mol. The van der Waals surface area contributed by atoms with Crippen LogP contribution in [0.2, 0.25) is 0 Å². The van der Waals surface area contributed by atoms with Crippen LogP contribution in [0.15, 0.2) is 6.07 Å². The van der Waals surface area contributed by atoms with Crippen molar-refractivity contribution in [3.63, 3.8) is 0 Å². The van der Waals surface area contributed by atoms with E-state index in [1.807, 2.05) is 6.07 Å². The van der Waals surface area contributed by atoms with Gasteiger partial charge in [0.25, 0.3) is 5.79 Å². The summed E-state index contributed by atoms with van der Waals surface area (Å²) in [4.78, 5) is 11.8. The Hall–Kier alpha value is -1.59. The summed E-state index contributed by atoms with van der Waals surface area (Å²) in [6.45, 7) is 5.44. The molecule has 3 aliphatic rings. The molecule has 0 N–H and O–H groups in total. The lowest BCUT2D eigenvalue weighted by Crippen LogP contribution is -2.40. The number of hydrogen-bond donors (Lipinski definition) is 0. The maximum absolute atomic E-state index is 11.8. The summed E-state index contributed by atoms with van der Waals surface area (Å²) < 4.78 is 24.4. The smallest absolute Gasteiger partial charge is 0.251 e. The highest BCUT2D eigenvalue weighted by molar-refractivity contribution is 5.82. The maximum atomic E-state index is 11.8. The highest BCUT2D eigenvalue weighted by atomic mass is 16.7. The molecule has 2 fully saturated rings. The second kappa shape index (κ2) is 6.61. The topological polar surface area (TPSA) is 54.0 Å². The largest absolute Gasteiger partial charge is 0.448 e. The van der Waals surface area contributed by atoms with E-state index in [0.717, 1.165) is 49.5 Å². The molecule has 0 radical (unpaired) electrons. The molecule has 1 aromatic carbocycles. The first kappa shape index (κ1) is 16.9. The van der Waals surface area contributed by atoms with Gasteiger partial charge in [-0.1, -0.05) is 20.3 Å². The highest BCUT2D eigenvalue weighted by Gasteiger charge is 2.46. The molecule has 25 heavy (non-hydrogen) atoms. The number of carbonyl (C=O) groups is 1. The predicted octanol–water partition coefficient (Wildman–Crippen LogP) is 4.49. The molecule has 1 spiro atoms. The molecule has 5 nitrogen and oxygen atoms in total. The third kappa shape index (κ3) is 2.93. The molecule has 1 saturated carbocycles. The molecule has 0 atom stereocenters. The van der Waals surface area contributed by atoms with Gasteiger partial charge in [0.1, 0.15) is 6.29 Å². The second-order valence-corrected chi connectivity index (χ2v) is 7.50. The van der Waals surface area contributed by atoms with Gasteiger partial charge in [0.05, 0.1) is 18.8 Å². The van der Waals surface area contributed by atoms with Crippen LogP contribution in [0.3, 0.4) is 0 Å². The zero-order valence-electron chi connectivity index (χ0n) is 15.0. The third-order valence-electron chi connectivity index (χ3n) is 5.31. The summed E-state index contributed by atoms with van der Waals surface area (Å²) in [6, 6.07) is 1.86. The lowest BCUT2D eigenvalue weighted by atomic mass is 9.93. The SMILES string of the molecule is CC(C)c1c(C=O)cc(C2OCCCO2)c2c1OC1(CCCCC1)O2. The fourth-order valence-corrected chi connectivity index (χ4v) is 4.12. The van der Waals surface area contributed by atoms with Crippen molar-refractivity contribution in [3.8, 4) is 11.5 Å². The minimum atomic E-state index is -0.588. The summed E-state index contributed by atoms with van der Waals surface area (Å²) in [6.07, 6.45) is 6.44. The van der Waals surface area contributed by atoms with Crippen molar-refractivity contribution in [2.45, 2.75) is 70.4 Å². The molecule has 0 unspecified atom stereocenters. The lowest BCUT2D eigenvalue weighted by molar-refractivity contribution is -0.184. The number of hydrogen-bond acceptors (Lipinski definition) is 5. The fraction of sp³-hybridized carbons (Fsp3) is 0.650. The van der Waals surface area contributed by atoms with Crippen LogP contribution in [0.25, 0.3) is 0 Å². The molecule has 1 aromatic rings. The standard InChI is InChI=1S/C20H26O5/c1-13(2)16-14(12-21)11-15(19-22-9-6-10-23-19)17-18(16)25-20(24-17)7-4-3-5-8-20/h11-13,19H,3-10H2,1-2H3. The first-order valence-corrected chi connectivity index (χ1v) is 9.41. The Balaban J connectivity index is 1.82. The molecule has 0 amide bonds. The third-order valence-corrected chi connectivity index (χ3v) is 5.31. The van der Waals surface area contributed by atoms with Crippen molar-refractivity contribution >= 4 is 6.29 Å². The van der Waals surface area contributed by atoms with Gasteiger partial charge in [0, 0.05) is 24.0 Å². The number of carbonyl (C=O) groups excluding carboxylic acids is 1. The Morgan fingerprint density at radius 3 is 2.36 bits per heavy atom. The fourth-order valence-electron chi connectivity index (χ4n) is 4.12. The van der Waals surface area contributed by atoms with E-state index in [2.05, 4.69) is 13.8 Å². The zero-order valence-corrected chi connectivity index (χ0v) is 15.0. The summed E-state index contributed by atoms with van der Waals surface area (Å²) in [5.41, 5.74) is 2.34. The molecule has 5 heteroatoms. The molecular weight excluding hydrogens is 320 g/mol. The van der Waals surface area contributed by atoms with Crippen molar-refractivity contribution in [3.05, 3.63) is 22.8 Å². The second-order valence-electron chi connectivity index (χ2n) is 7.50. The molecule has 4 rings (SSSR count). The Morgan fingerprint density at radius 1 is 1.04 bits per heavy atom. The molecule has 2 aliphatic heterocycles. The molecule has 1 aliphatic carbocycles. The van der Waals surface area contributed by atoms with Crippen LogP contribution in [-0.2, 0) is 9.47 Å². The normalized spacial score (nSPS) is 22.5. The van der Waals surface area contributed by atoms with Gasteiger partial charge < -0.3 is 18.9 Å². The van der Waals surface area contributed by atoms with E-state index < -0.39 is 12.1 Å². The Labute approximate surface area is 148 Å². The van der Waals surface area contributed by atoms with Crippen molar-refractivity contribution in [2.75, 3.05) is 13.2 Å². The summed E-state index contributed by atoms with van der Waals surface area (Å²) in [7, 11) is 0. The molecule has 2 heterocycles. The van der Waals surface area contributed by atoms with E-state index >= 15 is 0 Å². The minimum absolute atomic E-state index is 0.165. The van der Waals surface area contributed by atoms with Gasteiger partial charge in [-0.3, -0.25) is 4.79 Å². The van der Waals surface area contributed by atoms with E-state index in [-0.39, 0.29) is 5.92 Å². The lowest BCUT2D eigenvalue weighted by Gasteiger charge is -2.31. The summed E-state index contributed by atoms with van der Waals surface area (Å²) in [5, 5.41) is 0. The zero-order chi connectivity index (χ0) is 17.4. The summed E-state index contributed by atoms with van der Waals surface area (Å²) in [5.74, 6) is 1.01. The molecular formula is C20H26O5. The first-order valence-electron chi connectivity index (χ1n) is 9.41. The van der Waals surface area contributed by atoms with Gasteiger partial charge in [-0.2, -0.15) is 0 Å². The number of aldehydes is 1. The quantitative estimate of drug-likeness (QED) is 0.755. The number of benzene rings is 1. The van der Waals surface area contributed by atoms with Gasteiger partial charge in [0.2, 0.25) is 0 Å². The van der Waals surface area contributed by atoms with Crippen LogP contribution in [0.5, 0.6) is 11.5 Å². The molecule has 0 bridgehead atoms. The van der Waals surface area contributed by atoms with Gasteiger partial charge in [-0.15, -0.1) is 0 Å². The van der Waals surface area contributed by atoms with Crippen molar-refractivity contribution in [1.29, 1.82) is 0 Å². The molecule has 0 aromatic heterocycles. The Kier molecular flexibility index (Phi) is 4.46. The molecule has 1 saturated heterocycles. The first-order chi connectivity index (χ1) is 12.1. The number of rotatable bonds is 3. The predicted molar refractivity (Wildman–Crippen MR) is 92.3 cm³/mol. The van der Waals surface area contributed by atoms with E-state index in [1.54, 1.807) is 0 Å². The number of ether oxygens (including phenoxy) is 4. The maximum Gasteiger partial charge on any atom is 0.251 e. The van der Waals surface area contributed by atoms with Crippen LogP contribution >= 0.6 is 0 Å². The van der Waals surface area contributed by atoms with Gasteiger partial charge in [0.15, 0.2) is 17.8 Å². The van der Waals surface area contributed by atoms with E-state index in [1.165, 1.54) is 6.42 Å². The average Bonchev–Trinajstić information content (AvgIpc) is 2.99. The van der Waals surface area contributed by atoms with Gasteiger partial charge >= 0.3 is 0 Å². The minimum Gasteiger partial charge on any atom is -0.448 e. The Morgan fingerprint density at radius 2 is 1.72 bits per heavy atom. The van der Waals surface area contributed by atoms with Crippen LogP contribution in [0.4, 0.5) is 0 Å². The van der Waals surface area contributed by atoms with Gasteiger partial charge in [-0.25, -0.2) is 0 Å². The Bertz CT molecular complexity index is 655. The van der Waals surface area contributed by atoms with Crippen LogP contribution < -0.4 is 9.47 Å². The van der Waals surface area contributed by atoms with Crippen molar-refractivity contribution in [2.24, 2.45) is 0 Å². The monoisotopic (exact) mass is 346 g/mol. The van der Waals surface area contributed by atoms with Crippen LogP contribution in [0, 0.1) is 0 Å². The van der Waals surface area contributed by atoms with E-state index in [0.29, 0.717) is 30.3 Å². The van der Waals surface area contributed by atoms with Crippen LogP contribution in [-0.4, -0.2) is 25.3 Å². The summed E-state index contributed by atoms with van der Waals surface area (Å²) >= 11 is 0. The van der Waals surface area contributed by atoms with Crippen LogP contribution in [0.1, 0.15) is 86.1 Å². The molecule has 136 valence electrons. The van der Waals surface area contributed by atoms with E-state index in [4.69, 9.17) is 18.9 Å². The van der Waals surface area contributed by atoms with Crippen molar-refractivity contribution in [1.82, 2.24) is 0 Å². The van der Waals surface area contributed by atoms with Crippen molar-refractivity contribution < 1.29 is 23.7 Å². The number of fused-ring (bicyclic) bond motifs is 1. The van der Waals surface area contributed by atoms with Gasteiger partial charge in [-0.05, 0) is 31.2 Å².